The maximum atomic E-state index is 11.7. The van der Waals surface area contributed by atoms with Gasteiger partial charge in [-0.05, 0) is 18.6 Å². The second kappa shape index (κ2) is 6.70. The van der Waals surface area contributed by atoms with Gasteiger partial charge in [-0.15, -0.1) is 12.6 Å². The summed E-state index contributed by atoms with van der Waals surface area (Å²) >= 11 is 4.21. The number of nitrogens with one attached hydrogen (secondary N) is 1. The van der Waals surface area contributed by atoms with Gasteiger partial charge in [-0.3, -0.25) is 9.00 Å². The summed E-state index contributed by atoms with van der Waals surface area (Å²) in [6.45, 7) is 0.542. The molecule has 88 valence electrons. The Bertz CT molecular complexity index is 393. The van der Waals surface area contributed by atoms with Crippen molar-refractivity contribution in [2.45, 2.75) is 11.3 Å². The van der Waals surface area contributed by atoms with E-state index in [9.17, 15) is 9.00 Å². The normalized spacial score (nSPS) is 12.1. The van der Waals surface area contributed by atoms with Crippen molar-refractivity contribution in [1.82, 2.24) is 5.32 Å². The highest BCUT2D eigenvalue weighted by molar-refractivity contribution is 7.84. The lowest BCUT2D eigenvalue weighted by Crippen LogP contribution is -2.25. The van der Waals surface area contributed by atoms with Crippen LogP contribution in [-0.4, -0.2) is 28.7 Å². The molecule has 1 N–H and O–H groups in total. The fourth-order valence-corrected chi connectivity index (χ4v) is 2.05. The van der Waals surface area contributed by atoms with Crippen molar-refractivity contribution in [2.24, 2.45) is 0 Å². The van der Waals surface area contributed by atoms with Crippen LogP contribution in [0.4, 0.5) is 0 Å². The standard InChI is InChI=1S/C11H15NO2S2/c1-16(14)8-4-7-12-11(13)9-5-2-3-6-10(9)15/h2-3,5-6,15H,4,7-8H2,1H3,(H,12,13). The quantitative estimate of drug-likeness (QED) is 0.620. The molecule has 0 aromatic heterocycles. The van der Waals surface area contributed by atoms with Crippen LogP contribution >= 0.6 is 12.6 Å². The molecule has 0 bridgehead atoms. The third-order valence-corrected chi connectivity index (χ3v) is 3.30. The van der Waals surface area contributed by atoms with Gasteiger partial charge in [0, 0.05) is 34.2 Å². The summed E-state index contributed by atoms with van der Waals surface area (Å²) in [5.41, 5.74) is 0.573. The Balaban J connectivity index is 2.41. The maximum absolute atomic E-state index is 11.7. The topological polar surface area (TPSA) is 46.2 Å². The summed E-state index contributed by atoms with van der Waals surface area (Å²) in [6.07, 6.45) is 2.38. The SMILES string of the molecule is CS(=O)CCCNC(=O)c1ccccc1S. The van der Waals surface area contributed by atoms with Crippen LogP contribution < -0.4 is 5.32 Å². The van der Waals surface area contributed by atoms with Crippen molar-refractivity contribution in [3.8, 4) is 0 Å². The Morgan fingerprint density at radius 2 is 2.12 bits per heavy atom. The first-order valence-electron chi connectivity index (χ1n) is 4.97. The van der Waals surface area contributed by atoms with Crippen molar-refractivity contribution in [3.63, 3.8) is 0 Å². The minimum Gasteiger partial charge on any atom is -0.352 e. The van der Waals surface area contributed by atoms with Crippen molar-refractivity contribution in [2.75, 3.05) is 18.6 Å². The molecule has 1 atom stereocenters. The summed E-state index contributed by atoms with van der Waals surface area (Å²) in [6, 6.07) is 7.14. The number of rotatable bonds is 5. The van der Waals surface area contributed by atoms with Crippen LogP contribution in [0.25, 0.3) is 0 Å². The first-order chi connectivity index (χ1) is 7.61. The predicted octanol–water partition coefficient (Wildman–Crippen LogP) is 1.47. The lowest BCUT2D eigenvalue weighted by molar-refractivity contribution is 0.0951. The van der Waals surface area contributed by atoms with Gasteiger partial charge in [0.25, 0.3) is 5.91 Å². The van der Waals surface area contributed by atoms with E-state index in [-0.39, 0.29) is 5.91 Å². The van der Waals surface area contributed by atoms with Crippen LogP contribution in [0.2, 0.25) is 0 Å². The molecule has 0 spiro atoms. The fraction of sp³-hybridized carbons (Fsp3) is 0.364. The Morgan fingerprint density at radius 3 is 2.75 bits per heavy atom. The molecule has 0 saturated heterocycles. The van der Waals surface area contributed by atoms with E-state index in [0.29, 0.717) is 22.8 Å². The van der Waals surface area contributed by atoms with Gasteiger partial charge in [0.05, 0.1) is 5.56 Å². The lowest BCUT2D eigenvalue weighted by Gasteiger charge is -2.06. The van der Waals surface area contributed by atoms with Crippen LogP contribution in [0.5, 0.6) is 0 Å². The molecule has 0 aliphatic heterocycles. The molecule has 5 heteroatoms. The zero-order valence-electron chi connectivity index (χ0n) is 9.10. The van der Waals surface area contributed by atoms with Crippen molar-refractivity contribution in [1.29, 1.82) is 0 Å². The van der Waals surface area contributed by atoms with E-state index in [0.717, 1.165) is 6.42 Å². The van der Waals surface area contributed by atoms with Crippen molar-refractivity contribution >= 4 is 29.3 Å². The molecule has 1 amide bonds. The zero-order chi connectivity index (χ0) is 12.0. The number of amides is 1. The van der Waals surface area contributed by atoms with Crippen LogP contribution in [0, 0.1) is 0 Å². The Morgan fingerprint density at radius 1 is 1.44 bits per heavy atom. The fourth-order valence-electron chi connectivity index (χ4n) is 1.24. The smallest absolute Gasteiger partial charge is 0.252 e. The minimum atomic E-state index is -0.796. The molecule has 1 unspecified atom stereocenters. The molecule has 1 rings (SSSR count). The maximum Gasteiger partial charge on any atom is 0.252 e. The van der Waals surface area contributed by atoms with Crippen LogP contribution in [0.3, 0.4) is 0 Å². The third kappa shape index (κ3) is 4.37. The summed E-state index contributed by atoms with van der Waals surface area (Å²) in [4.78, 5) is 12.3. The molecule has 0 aliphatic carbocycles. The van der Waals surface area contributed by atoms with Gasteiger partial charge in [0.15, 0.2) is 0 Å². The van der Waals surface area contributed by atoms with Gasteiger partial charge in [-0.2, -0.15) is 0 Å². The summed E-state index contributed by atoms with van der Waals surface area (Å²) in [5, 5.41) is 2.77. The summed E-state index contributed by atoms with van der Waals surface area (Å²) in [5.74, 6) is 0.482. The average molecular weight is 257 g/mol. The molecule has 0 fully saturated rings. The number of hydrogen-bond donors (Lipinski definition) is 2. The van der Waals surface area contributed by atoms with E-state index in [4.69, 9.17) is 0 Å². The first kappa shape index (κ1) is 13.3. The van der Waals surface area contributed by atoms with Gasteiger partial charge in [-0.25, -0.2) is 0 Å². The molecular weight excluding hydrogens is 242 g/mol. The number of thiol groups is 1. The van der Waals surface area contributed by atoms with E-state index in [2.05, 4.69) is 17.9 Å². The largest absolute Gasteiger partial charge is 0.352 e. The highest BCUT2D eigenvalue weighted by Crippen LogP contribution is 2.12. The minimum absolute atomic E-state index is 0.132. The molecule has 1 aromatic carbocycles. The number of hydrogen-bond acceptors (Lipinski definition) is 3. The molecule has 0 saturated carbocycles. The van der Waals surface area contributed by atoms with Crippen molar-refractivity contribution < 1.29 is 9.00 Å². The van der Waals surface area contributed by atoms with Crippen LogP contribution in [-0.2, 0) is 10.8 Å². The van der Waals surface area contributed by atoms with Gasteiger partial charge in [0.2, 0.25) is 0 Å². The summed E-state index contributed by atoms with van der Waals surface area (Å²) < 4.78 is 10.8. The second-order valence-electron chi connectivity index (χ2n) is 3.40. The van der Waals surface area contributed by atoms with Crippen LogP contribution in [0.15, 0.2) is 29.2 Å². The average Bonchev–Trinajstić information content (AvgIpc) is 2.24. The van der Waals surface area contributed by atoms with E-state index < -0.39 is 10.8 Å². The van der Waals surface area contributed by atoms with E-state index in [1.807, 2.05) is 6.07 Å². The molecule has 1 aromatic rings. The van der Waals surface area contributed by atoms with E-state index in [1.54, 1.807) is 24.5 Å². The van der Waals surface area contributed by atoms with E-state index >= 15 is 0 Å². The van der Waals surface area contributed by atoms with Crippen LogP contribution in [0.1, 0.15) is 16.8 Å². The highest BCUT2D eigenvalue weighted by atomic mass is 32.2. The number of carbonyl (C=O) groups is 1. The van der Waals surface area contributed by atoms with E-state index in [1.165, 1.54) is 0 Å². The summed E-state index contributed by atoms with van der Waals surface area (Å²) in [7, 11) is -0.796. The highest BCUT2D eigenvalue weighted by Gasteiger charge is 2.07. The molecule has 0 radical (unpaired) electrons. The number of carbonyl (C=O) groups excluding carboxylic acids is 1. The third-order valence-electron chi connectivity index (χ3n) is 2.04. The molecule has 0 aliphatic rings. The van der Waals surface area contributed by atoms with Gasteiger partial charge in [0.1, 0.15) is 0 Å². The Hall–Kier alpha value is -0.810. The Kier molecular flexibility index (Phi) is 5.55. The molecular formula is C11H15NO2S2. The molecule has 0 heterocycles. The monoisotopic (exact) mass is 257 g/mol. The van der Waals surface area contributed by atoms with Gasteiger partial charge >= 0.3 is 0 Å². The molecule has 16 heavy (non-hydrogen) atoms. The van der Waals surface area contributed by atoms with Gasteiger partial charge < -0.3 is 5.32 Å². The first-order valence-corrected chi connectivity index (χ1v) is 7.15. The predicted molar refractivity (Wildman–Crippen MR) is 69.6 cm³/mol. The lowest BCUT2D eigenvalue weighted by atomic mass is 10.2. The number of benzene rings is 1. The second-order valence-corrected chi connectivity index (χ2v) is 5.44. The molecule has 3 nitrogen and oxygen atoms in total. The van der Waals surface area contributed by atoms with Gasteiger partial charge in [-0.1, -0.05) is 12.1 Å². The zero-order valence-corrected chi connectivity index (χ0v) is 10.8. The van der Waals surface area contributed by atoms with Crippen molar-refractivity contribution in [3.05, 3.63) is 29.8 Å². The Labute approximate surface area is 103 Å².